The molecule has 1 heterocycles. The first-order valence-electron chi connectivity index (χ1n) is 8.46. The van der Waals surface area contributed by atoms with Crippen molar-refractivity contribution in [3.8, 4) is 0 Å². The number of aromatic nitrogens is 2. The van der Waals surface area contributed by atoms with Gasteiger partial charge in [-0.25, -0.2) is 0 Å². The number of nitrogens with zero attached hydrogens (tertiary/aromatic N) is 2. The Morgan fingerprint density at radius 1 is 1.04 bits per heavy atom. The summed E-state index contributed by atoms with van der Waals surface area (Å²) >= 11 is 3.06. The smallest absolute Gasteiger partial charge is 0.226 e. The molecule has 0 aliphatic heterocycles. The maximum absolute atomic E-state index is 12.1. The molecule has 3 rings (SSSR count). The van der Waals surface area contributed by atoms with E-state index in [0.29, 0.717) is 11.6 Å². The quantitative estimate of drug-likeness (QED) is 0.460. The molecule has 1 amide bonds. The summed E-state index contributed by atoms with van der Waals surface area (Å²) in [5, 5.41) is 11.6. The molecule has 0 bridgehead atoms. The summed E-state index contributed by atoms with van der Waals surface area (Å²) < 4.78 is 0.863. The number of benzene rings is 2. The van der Waals surface area contributed by atoms with Gasteiger partial charge in [0, 0.05) is 12.2 Å². The Morgan fingerprint density at radius 3 is 2.50 bits per heavy atom. The van der Waals surface area contributed by atoms with Crippen LogP contribution >= 0.6 is 23.1 Å². The summed E-state index contributed by atoms with van der Waals surface area (Å²) in [6, 6.07) is 16.5. The number of carbonyl (C=O) groups is 1. The largest absolute Gasteiger partial charge is 0.300 e. The third-order valence-electron chi connectivity index (χ3n) is 3.78. The highest BCUT2D eigenvalue weighted by Crippen LogP contribution is 2.29. The second-order valence-corrected chi connectivity index (χ2v) is 8.39. The van der Waals surface area contributed by atoms with Gasteiger partial charge < -0.3 is 5.32 Å². The van der Waals surface area contributed by atoms with Gasteiger partial charge in [-0.1, -0.05) is 82.8 Å². The van der Waals surface area contributed by atoms with Crippen molar-refractivity contribution < 1.29 is 4.79 Å². The molecule has 0 saturated heterocycles. The summed E-state index contributed by atoms with van der Waals surface area (Å²) in [5.41, 5.74) is 4.97. The van der Waals surface area contributed by atoms with E-state index in [2.05, 4.69) is 47.6 Å². The van der Waals surface area contributed by atoms with Crippen LogP contribution in [0.3, 0.4) is 0 Å². The van der Waals surface area contributed by atoms with Crippen LogP contribution in [0.5, 0.6) is 0 Å². The molecule has 0 unspecified atom stereocenters. The van der Waals surface area contributed by atoms with Crippen LogP contribution in [0.4, 0.5) is 5.13 Å². The van der Waals surface area contributed by atoms with E-state index in [4.69, 9.17) is 0 Å². The minimum Gasteiger partial charge on any atom is -0.300 e. The van der Waals surface area contributed by atoms with Crippen molar-refractivity contribution in [3.63, 3.8) is 0 Å². The normalized spacial score (nSPS) is 10.7. The van der Waals surface area contributed by atoms with Crippen LogP contribution in [0, 0.1) is 13.8 Å². The monoisotopic (exact) mass is 383 g/mol. The summed E-state index contributed by atoms with van der Waals surface area (Å²) in [5.74, 6) is 0.815. The molecule has 3 aromatic rings. The lowest BCUT2D eigenvalue weighted by atomic mass is 10.1. The molecule has 1 aromatic heterocycles. The first-order valence-corrected chi connectivity index (χ1v) is 10.3. The molecule has 0 fully saturated rings. The fraction of sp³-hybridized carbons (Fsp3) is 0.250. The van der Waals surface area contributed by atoms with Crippen molar-refractivity contribution in [2.24, 2.45) is 0 Å². The van der Waals surface area contributed by atoms with E-state index in [0.717, 1.165) is 22.1 Å². The van der Waals surface area contributed by atoms with Crippen molar-refractivity contribution in [2.75, 3.05) is 5.32 Å². The number of thioether (sulfide) groups is 1. The van der Waals surface area contributed by atoms with Crippen molar-refractivity contribution >= 4 is 34.1 Å². The van der Waals surface area contributed by atoms with Gasteiger partial charge in [0.05, 0.1) is 0 Å². The van der Waals surface area contributed by atoms with Gasteiger partial charge in [0.25, 0.3) is 0 Å². The van der Waals surface area contributed by atoms with Crippen LogP contribution in [0.2, 0.25) is 0 Å². The van der Waals surface area contributed by atoms with Crippen molar-refractivity contribution in [1.82, 2.24) is 10.2 Å². The average molecular weight is 384 g/mol. The van der Waals surface area contributed by atoms with Gasteiger partial charge >= 0.3 is 0 Å². The molecule has 0 aliphatic carbocycles. The van der Waals surface area contributed by atoms with Crippen LogP contribution in [0.15, 0.2) is 52.9 Å². The summed E-state index contributed by atoms with van der Waals surface area (Å²) in [6.45, 7) is 4.21. The van der Waals surface area contributed by atoms with Crippen molar-refractivity contribution in [3.05, 3.63) is 70.8 Å². The Morgan fingerprint density at radius 2 is 1.77 bits per heavy atom. The number of nitrogens with one attached hydrogen (secondary N) is 1. The summed E-state index contributed by atoms with van der Waals surface area (Å²) in [6.07, 6.45) is 1.16. The fourth-order valence-corrected chi connectivity index (χ4v) is 4.40. The van der Waals surface area contributed by atoms with Crippen molar-refractivity contribution in [1.29, 1.82) is 0 Å². The molecule has 6 heteroatoms. The summed E-state index contributed by atoms with van der Waals surface area (Å²) in [7, 11) is 0. The number of hydrogen-bond donors (Lipinski definition) is 1. The van der Waals surface area contributed by atoms with Gasteiger partial charge in [0.15, 0.2) is 4.34 Å². The average Bonchev–Trinajstić information content (AvgIpc) is 3.06. The Bertz CT molecular complexity index is 858. The number of carbonyl (C=O) groups excluding carboxylic acids is 1. The van der Waals surface area contributed by atoms with E-state index in [1.54, 1.807) is 11.8 Å². The SMILES string of the molecule is Cc1cc(C)cc(CSc2nnc(NC(=O)CCc3ccccc3)s2)c1. The molecule has 0 atom stereocenters. The number of rotatable bonds is 7. The molecule has 26 heavy (non-hydrogen) atoms. The Kier molecular flexibility index (Phi) is 6.41. The third-order valence-corrected chi connectivity index (χ3v) is 5.82. The van der Waals surface area contributed by atoms with Gasteiger partial charge in [0.2, 0.25) is 11.0 Å². The Hall–Kier alpha value is -2.18. The highest BCUT2D eigenvalue weighted by molar-refractivity contribution is 8.00. The Labute approximate surface area is 162 Å². The lowest BCUT2D eigenvalue weighted by Crippen LogP contribution is -2.12. The molecule has 0 radical (unpaired) electrons. The zero-order chi connectivity index (χ0) is 18.4. The van der Waals surface area contributed by atoms with Gasteiger partial charge in [-0.3, -0.25) is 4.79 Å². The zero-order valence-corrected chi connectivity index (χ0v) is 16.5. The van der Waals surface area contributed by atoms with E-state index >= 15 is 0 Å². The molecular formula is C20H21N3OS2. The topological polar surface area (TPSA) is 54.9 Å². The number of anilines is 1. The second kappa shape index (κ2) is 8.96. The minimum atomic E-state index is -0.0316. The highest BCUT2D eigenvalue weighted by Gasteiger charge is 2.09. The molecular weight excluding hydrogens is 362 g/mol. The lowest BCUT2D eigenvalue weighted by Gasteiger charge is -2.03. The van der Waals surface area contributed by atoms with Crippen LogP contribution in [0.25, 0.3) is 0 Å². The second-order valence-electron chi connectivity index (χ2n) is 6.19. The van der Waals surface area contributed by atoms with Crippen molar-refractivity contribution in [2.45, 2.75) is 36.8 Å². The summed E-state index contributed by atoms with van der Waals surface area (Å²) in [4.78, 5) is 12.1. The lowest BCUT2D eigenvalue weighted by molar-refractivity contribution is -0.116. The minimum absolute atomic E-state index is 0.0316. The van der Waals surface area contributed by atoms with Crippen LogP contribution in [-0.4, -0.2) is 16.1 Å². The maximum atomic E-state index is 12.1. The van der Waals surface area contributed by atoms with Gasteiger partial charge in [0.1, 0.15) is 0 Å². The fourth-order valence-electron chi connectivity index (χ4n) is 2.70. The molecule has 134 valence electrons. The zero-order valence-electron chi connectivity index (χ0n) is 14.9. The maximum Gasteiger partial charge on any atom is 0.226 e. The van der Waals surface area contributed by atoms with E-state index in [-0.39, 0.29) is 5.91 Å². The van der Waals surface area contributed by atoms with E-state index in [1.165, 1.54) is 28.0 Å². The van der Waals surface area contributed by atoms with E-state index in [9.17, 15) is 4.79 Å². The standard InChI is InChI=1S/C20H21N3OS2/c1-14-10-15(2)12-17(11-14)13-25-20-23-22-19(26-20)21-18(24)9-8-16-6-4-3-5-7-16/h3-7,10-12H,8-9,13H2,1-2H3,(H,21,22,24). The first-order chi connectivity index (χ1) is 12.6. The molecule has 0 spiro atoms. The van der Waals surface area contributed by atoms with Gasteiger partial charge in [-0.05, 0) is 31.4 Å². The molecule has 0 saturated carbocycles. The van der Waals surface area contributed by atoms with E-state index < -0.39 is 0 Å². The third kappa shape index (κ3) is 5.68. The molecule has 0 aliphatic rings. The number of aryl methyl sites for hydroxylation is 3. The Balaban J connectivity index is 1.48. The predicted octanol–water partition coefficient (Wildman–Crippen LogP) is 5.02. The van der Waals surface area contributed by atoms with Gasteiger partial charge in [-0.15, -0.1) is 10.2 Å². The van der Waals surface area contributed by atoms with E-state index in [1.807, 2.05) is 30.3 Å². The highest BCUT2D eigenvalue weighted by atomic mass is 32.2. The molecule has 2 aromatic carbocycles. The number of amides is 1. The van der Waals surface area contributed by atoms with Crippen LogP contribution in [-0.2, 0) is 17.0 Å². The van der Waals surface area contributed by atoms with Crippen LogP contribution < -0.4 is 5.32 Å². The predicted molar refractivity (Wildman–Crippen MR) is 109 cm³/mol. The first kappa shape index (κ1) is 18.6. The molecule has 1 N–H and O–H groups in total. The number of hydrogen-bond acceptors (Lipinski definition) is 5. The van der Waals surface area contributed by atoms with Gasteiger partial charge in [-0.2, -0.15) is 0 Å². The van der Waals surface area contributed by atoms with Crippen LogP contribution in [0.1, 0.15) is 28.7 Å². The molecule has 4 nitrogen and oxygen atoms in total.